The number of hydrogen-bond donors (Lipinski definition) is 1. The molecular formula is C22H15F3N2O5. The van der Waals surface area contributed by atoms with Crippen LogP contribution in [0.3, 0.4) is 0 Å². The zero-order chi connectivity index (χ0) is 23.3. The SMILES string of the molecule is O=C(COC(=O)c1ccc(-c2ccccc2)cc1)Nc1ccc([N+](=O)[O-])cc1C(F)(F)F. The number of alkyl halides is 3. The van der Waals surface area contributed by atoms with Crippen LogP contribution in [0.25, 0.3) is 11.1 Å². The van der Waals surface area contributed by atoms with Gasteiger partial charge in [0.15, 0.2) is 6.61 Å². The van der Waals surface area contributed by atoms with E-state index < -0.39 is 46.5 Å². The second-order valence-electron chi connectivity index (χ2n) is 6.55. The number of carbonyl (C=O) groups is 2. The van der Waals surface area contributed by atoms with E-state index in [4.69, 9.17) is 4.74 Å². The molecule has 7 nitrogen and oxygen atoms in total. The number of amides is 1. The highest BCUT2D eigenvalue weighted by Gasteiger charge is 2.35. The van der Waals surface area contributed by atoms with Gasteiger partial charge >= 0.3 is 12.1 Å². The van der Waals surface area contributed by atoms with Gasteiger partial charge in [-0.05, 0) is 29.3 Å². The van der Waals surface area contributed by atoms with Crippen molar-refractivity contribution >= 4 is 23.3 Å². The van der Waals surface area contributed by atoms with Gasteiger partial charge in [-0.1, -0.05) is 42.5 Å². The van der Waals surface area contributed by atoms with Gasteiger partial charge in [0.1, 0.15) is 0 Å². The fraction of sp³-hybridized carbons (Fsp3) is 0.0909. The Morgan fingerprint density at radius 3 is 2.16 bits per heavy atom. The lowest BCUT2D eigenvalue weighted by molar-refractivity contribution is -0.385. The molecule has 0 aliphatic heterocycles. The highest BCUT2D eigenvalue weighted by Crippen LogP contribution is 2.37. The molecule has 0 fully saturated rings. The summed E-state index contributed by atoms with van der Waals surface area (Å²) < 4.78 is 44.4. The predicted molar refractivity (Wildman–Crippen MR) is 109 cm³/mol. The number of hydrogen-bond acceptors (Lipinski definition) is 5. The summed E-state index contributed by atoms with van der Waals surface area (Å²) in [4.78, 5) is 33.9. The average molecular weight is 444 g/mol. The Morgan fingerprint density at radius 2 is 1.56 bits per heavy atom. The topological polar surface area (TPSA) is 98.5 Å². The van der Waals surface area contributed by atoms with Crippen LogP contribution in [0.2, 0.25) is 0 Å². The van der Waals surface area contributed by atoms with Gasteiger partial charge in [0, 0.05) is 12.1 Å². The van der Waals surface area contributed by atoms with E-state index in [2.05, 4.69) is 0 Å². The molecule has 3 aromatic rings. The van der Waals surface area contributed by atoms with Crippen molar-refractivity contribution in [2.24, 2.45) is 0 Å². The van der Waals surface area contributed by atoms with Crippen LogP contribution in [0, 0.1) is 10.1 Å². The molecule has 0 bridgehead atoms. The van der Waals surface area contributed by atoms with Crippen molar-refractivity contribution < 1.29 is 32.4 Å². The highest BCUT2D eigenvalue weighted by molar-refractivity contribution is 5.96. The van der Waals surface area contributed by atoms with Crippen molar-refractivity contribution in [3.05, 3.63) is 94.0 Å². The summed E-state index contributed by atoms with van der Waals surface area (Å²) in [5.74, 6) is -1.86. The van der Waals surface area contributed by atoms with E-state index >= 15 is 0 Å². The smallest absolute Gasteiger partial charge is 0.418 e. The number of nitrogens with zero attached hydrogens (tertiary/aromatic N) is 1. The van der Waals surface area contributed by atoms with Crippen LogP contribution in [0.5, 0.6) is 0 Å². The van der Waals surface area contributed by atoms with Gasteiger partial charge in [-0.3, -0.25) is 14.9 Å². The third-order valence-corrected chi connectivity index (χ3v) is 4.36. The standard InChI is InChI=1S/C22H15F3N2O5/c23-22(24,25)18-12-17(27(30)31)10-11-19(18)26-20(28)13-32-21(29)16-8-6-15(7-9-16)14-4-2-1-3-5-14/h1-12H,13H2,(H,26,28). The monoisotopic (exact) mass is 444 g/mol. The Balaban J connectivity index is 1.64. The Hall–Kier alpha value is -4.21. The molecule has 0 spiro atoms. The Bertz CT molecular complexity index is 1150. The van der Waals surface area contributed by atoms with E-state index in [1.807, 2.05) is 35.6 Å². The molecule has 3 aromatic carbocycles. The van der Waals surface area contributed by atoms with Crippen molar-refractivity contribution in [3.8, 4) is 11.1 Å². The van der Waals surface area contributed by atoms with Crippen LogP contribution in [-0.4, -0.2) is 23.4 Å². The van der Waals surface area contributed by atoms with Crippen molar-refractivity contribution in [2.45, 2.75) is 6.18 Å². The summed E-state index contributed by atoms with van der Waals surface area (Å²) in [6, 6.07) is 17.7. The molecule has 0 unspecified atom stereocenters. The van der Waals surface area contributed by atoms with E-state index in [0.29, 0.717) is 6.07 Å². The molecular weight excluding hydrogens is 429 g/mol. The number of nitro groups is 1. The quantitative estimate of drug-likeness (QED) is 0.325. The maximum Gasteiger partial charge on any atom is 0.418 e. The lowest BCUT2D eigenvalue weighted by Crippen LogP contribution is -2.22. The summed E-state index contributed by atoms with van der Waals surface area (Å²) in [6.07, 6.45) is -4.94. The number of non-ortho nitro benzene ring substituents is 1. The Kier molecular flexibility index (Phi) is 6.53. The van der Waals surface area contributed by atoms with E-state index in [0.717, 1.165) is 23.3 Å². The third kappa shape index (κ3) is 5.48. The lowest BCUT2D eigenvalue weighted by Gasteiger charge is -2.13. The lowest BCUT2D eigenvalue weighted by atomic mass is 10.0. The zero-order valence-electron chi connectivity index (χ0n) is 16.3. The van der Waals surface area contributed by atoms with Gasteiger partial charge in [-0.25, -0.2) is 4.79 Å². The number of ether oxygens (including phenoxy) is 1. The number of carbonyl (C=O) groups excluding carboxylic acids is 2. The molecule has 0 atom stereocenters. The van der Waals surface area contributed by atoms with Gasteiger partial charge in [-0.2, -0.15) is 13.2 Å². The first kappa shape index (κ1) is 22.5. The van der Waals surface area contributed by atoms with E-state index in [1.165, 1.54) is 12.1 Å². The number of halogens is 3. The maximum absolute atomic E-state index is 13.2. The van der Waals surface area contributed by atoms with E-state index in [-0.39, 0.29) is 5.56 Å². The molecule has 164 valence electrons. The first-order chi connectivity index (χ1) is 15.1. The van der Waals surface area contributed by atoms with E-state index in [9.17, 15) is 32.9 Å². The molecule has 0 radical (unpaired) electrons. The molecule has 32 heavy (non-hydrogen) atoms. The number of rotatable bonds is 6. The van der Waals surface area contributed by atoms with Crippen LogP contribution in [-0.2, 0) is 15.7 Å². The highest BCUT2D eigenvalue weighted by atomic mass is 19.4. The minimum Gasteiger partial charge on any atom is -0.452 e. The molecule has 0 saturated heterocycles. The molecule has 0 saturated carbocycles. The number of anilines is 1. The summed E-state index contributed by atoms with van der Waals surface area (Å²) in [6.45, 7) is -0.840. The summed E-state index contributed by atoms with van der Waals surface area (Å²) in [5, 5.41) is 12.7. The molecule has 0 aliphatic rings. The Morgan fingerprint density at radius 1 is 0.938 bits per heavy atom. The summed E-state index contributed by atoms with van der Waals surface area (Å²) in [5.41, 5.74) is -0.892. The number of esters is 1. The third-order valence-electron chi connectivity index (χ3n) is 4.36. The first-order valence-electron chi connectivity index (χ1n) is 9.13. The fourth-order valence-corrected chi connectivity index (χ4v) is 2.82. The second kappa shape index (κ2) is 9.29. The van der Waals surface area contributed by atoms with Gasteiger partial charge in [0.05, 0.1) is 21.7 Å². The predicted octanol–water partition coefficient (Wildman–Crippen LogP) is 5.08. The fourth-order valence-electron chi connectivity index (χ4n) is 2.82. The van der Waals surface area contributed by atoms with Crippen LogP contribution in [0.15, 0.2) is 72.8 Å². The van der Waals surface area contributed by atoms with Gasteiger partial charge in [0.2, 0.25) is 0 Å². The number of benzene rings is 3. The summed E-state index contributed by atoms with van der Waals surface area (Å²) in [7, 11) is 0. The van der Waals surface area contributed by atoms with E-state index in [1.54, 1.807) is 12.1 Å². The summed E-state index contributed by atoms with van der Waals surface area (Å²) >= 11 is 0. The van der Waals surface area contributed by atoms with Crippen molar-refractivity contribution in [3.63, 3.8) is 0 Å². The van der Waals surface area contributed by atoms with Gasteiger partial charge in [-0.15, -0.1) is 0 Å². The van der Waals surface area contributed by atoms with Crippen LogP contribution in [0.1, 0.15) is 15.9 Å². The minimum absolute atomic E-state index is 0.156. The van der Waals surface area contributed by atoms with Crippen LogP contribution < -0.4 is 5.32 Å². The first-order valence-corrected chi connectivity index (χ1v) is 9.13. The molecule has 10 heteroatoms. The van der Waals surface area contributed by atoms with Gasteiger partial charge < -0.3 is 10.1 Å². The van der Waals surface area contributed by atoms with Gasteiger partial charge in [0.25, 0.3) is 11.6 Å². The molecule has 3 rings (SSSR count). The average Bonchev–Trinajstić information content (AvgIpc) is 2.77. The van der Waals surface area contributed by atoms with Crippen molar-refractivity contribution in [2.75, 3.05) is 11.9 Å². The number of nitro benzene ring substituents is 1. The zero-order valence-corrected chi connectivity index (χ0v) is 16.3. The van der Waals surface area contributed by atoms with Crippen LogP contribution >= 0.6 is 0 Å². The molecule has 1 N–H and O–H groups in total. The van der Waals surface area contributed by atoms with Crippen molar-refractivity contribution in [1.29, 1.82) is 0 Å². The maximum atomic E-state index is 13.2. The van der Waals surface area contributed by atoms with Crippen molar-refractivity contribution in [1.82, 2.24) is 0 Å². The molecule has 1 amide bonds. The molecule has 0 aromatic heterocycles. The van der Waals surface area contributed by atoms with Crippen LogP contribution in [0.4, 0.5) is 24.5 Å². The number of nitrogens with one attached hydrogen (secondary N) is 1. The molecule has 0 heterocycles. The second-order valence-corrected chi connectivity index (χ2v) is 6.55. The normalized spacial score (nSPS) is 11.0. The Labute approximate surface area is 179 Å². The molecule has 0 aliphatic carbocycles. The minimum atomic E-state index is -4.94. The largest absolute Gasteiger partial charge is 0.452 e.